The maximum absolute atomic E-state index is 9.65. The Morgan fingerprint density at radius 2 is 1.96 bits per heavy atom. The molecule has 4 nitrogen and oxygen atoms in total. The average Bonchev–Trinajstić information content (AvgIpc) is 2.67. The average molecular weight is 406 g/mol. The molecule has 1 heterocycles. The minimum absolute atomic E-state index is 0.213. The van der Waals surface area contributed by atoms with Gasteiger partial charge in [0, 0.05) is 17.3 Å². The van der Waals surface area contributed by atoms with Crippen LogP contribution in [-0.4, -0.2) is 11.6 Å². The van der Waals surface area contributed by atoms with Gasteiger partial charge in [0.2, 0.25) is 0 Å². The number of anilines is 1. The van der Waals surface area contributed by atoms with Gasteiger partial charge in [-0.05, 0) is 39.2 Å². The van der Waals surface area contributed by atoms with Crippen LogP contribution in [0.25, 0.3) is 22.3 Å². The lowest BCUT2D eigenvalue weighted by Crippen LogP contribution is -2.00. The molecule has 3 aromatic rings. The van der Waals surface area contributed by atoms with E-state index in [-0.39, 0.29) is 5.82 Å². The lowest BCUT2D eigenvalue weighted by atomic mass is 9.92. The van der Waals surface area contributed by atoms with E-state index in [0.29, 0.717) is 17.9 Å². The number of benzene rings is 2. The molecule has 0 aliphatic rings. The van der Waals surface area contributed by atoms with Crippen molar-refractivity contribution < 1.29 is 4.74 Å². The summed E-state index contributed by atoms with van der Waals surface area (Å²) >= 11 is 3.53. The van der Waals surface area contributed by atoms with Crippen LogP contribution in [0, 0.1) is 11.3 Å². The fourth-order valence-corrected chi connectivity index (χ4v) is 3.19. The number of nitrogens with zero attached hydrogens (tertiary/aromatic N) is 2. The van der Waals surface area contributed by atoms with Crippen LogP contribution in [0.2, 0.25) is 0 Å². The number of nitriles is 1. The summed E-state index contributed by atoms with van der Waals surface area (Å²) in [5.41, 5.74) is 9.75. The van der Waals surface area contributed by atoms with E-state index in [1.807, 2.05) is 48.5 Å². The first-order valence-corrected chi connectivity index (χ1v) is 8.72. The molecule has 0 radical (unpaired) electrons. The first-order chi connectivity index (χ1) is 12.7. The Morgan fingerprint density at radius 1 is 1.19 bits per heavy atom. The van der Waals surface area contributed by atoms with Crippen molar-refractivity contribution in [3.63, 3.8) is 0 Å². The zero-order valence-electron chi connectivity index (χ0n) is 13.9. The molecule has 0 unspecified atom stereocenters. The Bertz CT molecular complexity index is 994. The molecule has 0 aliphatic carbocycles. The Hall–Kier alpha value is -3.10. The minimum atomic E-state index is 0.213. The van der Waals surface area contributed by atoms with Crippen LogP contribution in [0.1, 0.15) is 5.56 Å². The van der Waals surface area contributed by atoms with Crippen molar-refractivity contribution in [2.75, 3.05) is 12.3 Å². The Kier molecular flexibility index (Phi) is 5.35. The number of hydrogen-bond acceptors (Lipinski definition) is 4. The Balaban J connectivity index is 2.21. The normalized spacial score (nSPS) is 10.2. The van der Waals surface area contributed by atoms with Crippen molar-refractivity contribution in [2.45, 2.75) is 0 Å². The Labute approximate surface area is 160 Å². The van der Waals surface area contributed by atoms with E-state index in [1.54, 1.807) is 12.3 Å². The van der Waals surface area contributed by atoms with Gasteiger partial charge in [0.05, 0.1) is 4.47 Å². The van der Waals surface area contributed by atoms with Crippen molar-refractivity contribution in [1.29, 1.82) is 5.26 Å². The molecule has 0 bridgehead atoms. The van der Waals surface area contributed by atoms with Gasteiger partial charge in [-0.2, -0.15) is 5.26 Å². The lowest BCUT2D eigenvalue weighted by Gasteiger charge is -2.15. The van der Waals surface area contributed by atoms with Crippen LogP contribution in [0.15, 0.2) is 71.9 Å². The third-order valence-electron chi connectivity index (χ3n) is 3.88. The highest BCUT2D eigenvalue weighted by molar-refractivity contribution is 9.10. The van der Waals surface area contributed by atoms with Gasteiger partial charge in [0.1, 0.15) is 29.8 Å². The van der Waals surface area contributed by atoms with Crippen LogP contribution in [0.3, 0.4) is 0 Å². The van der Waals surface area contributed by atoms with Gasteiger partial charge < -0.3 is 10.5 Å². The molecule has 0 spiro atoms. The van der Waals surface area contributed by atoms with Crippen molar-refractivity contribution >= 4 is 21.7 Å². The summed E-state index contributed by atoms with van der Waals surface area (Å²) in [6.07, 6.45) is 3.39. The fourth-order valence-electron chi connectivity index (χ4n) is 2.70. The van der Waals surface area contributed by atoms with Crippen LogP contribution >= 0.6 is 15.9 Å². The number of aromatic nitrogens is 1. The van der Waals surface area contributed by atoms with Gasteiger partial charge >= 0.3 is 0 Å². The monoisotopic (exact) mass is 405 g/mol. The molecule has 0 atom stereocenters. The second-order valence-electron chi connectivity index (χ2n) is 5.53. The van der Waals surface area contributed by atoms with E-state index in [4.69, 9.17) is 10.5 Å². The van der Waals surface area contributed by atoms with Crippen molar-refractivity contribution in [2.24, 2.45) is 0 Å². The molecule has 0 fully saturated rings. The van der Waals surface area contributed by atoms with Gasteiger partial charge in [0.25, 0.3) is 0 Å². The van der Waals surface area contributed by atoms with Gasteiger partial charge in [-0.3, -0.25) is 0 Å². The minimum Gasteiger partial charge on any atom is -0.488 e. The number of halogens is 1. The van der Waals surface area contributed by atoms with Crippen LogP contribution in [0.4, 0.5) is 5.82 Å². The summed E-state index contributed by atoms with van der Waals surface area (Å²) in [6.45, 7) is 4.07. The number of ether oxygens (including phenoxy) is 1. The molecule has 5 heteroatoms. The lowest BCUT2D eigenvalue weighted by molar-refractivity contribution is 0.361. The van der Waals surface area contributed by atoms with Gasteiger partial charge in [-0.15, -0.1) is 0 Å². The van der Waals surface area contributed by atoms with Crippen LogP contribution in [0.5, 0.6) is 5.75 Å². The van der Waals surface area contributed by atoms with Crippen LogP contribution < -0.4 is 10.5 Å². The van der Waals surface area contributed by atoms with Gasteiger partial charge in [-0.25, -0.2) is 4.98 Å². The molecule has 2 N–H and O–H groups in total. The van der Waals surface area contributed by atoms with E-state index in [1.165, 1.54) is 0 Å². The summed E-state index contributed by atoms with van der Waals surface area (Å²) in [7, 11) is 0. The highest BCUT2D eigenvalue weighted by Gasteiger charge is 2.17. The standard InChI is InChI=1S/C21H16BrN3O/c1-2-10-26-19-9-8-15(11-18(19)22)20-16(12-23)21(24)25-13-17(20)14-6-4-3-5-7-14/h2-9,11,13H,1,10H2,(H2,24,25). The summed E-state index contributed by atoms with van der Waals surface area (Å²) in [5.74, 6) is 0.917. The summed E-state index contributed by atoms with van der Waals surface area (Å²) in [4.78, 5) is 4.20. The van der Waals surface area contributed by atoms with E-state index in [2.05, 4.69) is 33.6 Å². The number of pyridine rings is 1. The number of hydrogen-bond donors (Lipinski definition) is 1. The van der Waals surface area contributed by atoms with Gasteiger partial charge in [0.15, 0.2) is 0 Å². The number of nitrogens with two attached hydrogens (primary N) is 1. The molecular formula is C21H16BrN3O. The van der Waals surface area contributed by atoms with Crippen molar-refractivity contribution in [3.05, 3.63) is 77.4 Å². The first kappa shape index (κ1) is 17.7. The maximum Gasteiger partial charge on any atom is 0.141 e. The largest absolute Gasteiger partial charge is 0.488 e. The third kappa shape index (κ3) is 3.46. The first-order valence-electron chi connectivity index (χ1n) is 7.93. The molecule has 128 valence electrons. The molecular weight excluding hydrogens is 390 g/mol. The predicted octanol–water partition coefficient (Wildman–Crippen LogP) is 5.20. The highest BCUT2D eigenvalue weighted by Crippen LogP contribution is 2.39. The quantitative estimate of drug-likeness (QED) is 0.592. The fraction of sp³-hybridized carbons (Fsp3) is 0.0476. The molecule has 2 aromatic carbocycles. The molecule has 0 amide bonds. The van der Waals surface area contributed by atoms with Crippen LogP contribution in [-0.2, 0) is 0 Å². The molecule has 0 saturated carbocycles. The smallest absolute Gasteiger partial charge is 0.141 e. The summed E-state index contributed by atoms with van der Waals surface area (Å²) in [6, 6.07) is 17.7. The summed E-state index contributed by atoms with van der Waals surface area (Å²) in [5, 5.41) is 9.65. The summed E-state index contributed by atoms with van der Waals surface area (Å²) < 4.78 is 6.39. The Morgan fingerprint density at radius 3 is 2.62 bits per heavy atom. The molecule has 0 aliphatic heterocycles. The predicted molar refractivity (Wildman–Crippen MR) is 108 cm³/mol. The number of rotatable bonds is 5. The second-order valence-corrected chi connectivity index (χ2v) is 6.38. The zero-order valence-corrected chi connectivity index (χ0v) is 15.5. The number of nitrogen functional groups attached to an aromatic ring is 1. The topological polar surface area (TPSA) is 71.9 Å². The van der Waals surface area contributed by atoms with E-state index < -0.39 is 0 Å². The molecule has 3 rings (SSSR count). The van der Waals surface area contributed by atoms with Crippen molar-refractivity contribution in [1.82, 2.24) is 4.98 Å². The maximum atomic E-state index is 9.65. The van der Waals surface area contributed by atoms with Crippen molar-refractivity contribution in [3.8, 4) is 34.1 Å². The second kappa shape index (κ2) is 7.85. The highest BCUT2D eigenvalue weighted by atomic mass is 79.9. The van der Waals surface area contributed by atoms with E-state index in [9.17, 15) is 5.26 Å². The molecule has 0 saturated heterocycles. The van der Waals surface area contributed by atoms with E-state index in [0.717, 1.165) is 26.7 Å². The molecule has 1 aromatic heterocycles. The SMILES string of the molecule is C=CCOc1ccc(-c2c(-c3ccccc3)cnc(N)c2C#N)cc1Br. The van der Waals surface area contributed by atoms with Gasteiger partial charge in [-0.1, -0.05) is 49.1 Å². The van der Waals surface area contributed by atoms with E-state index >= 15 is 0 Å². The molecule has 26 heavy (non-hydrogen) atoms. The third-order valence-corrected chi connectivity index (χ3v) is 4.50. The zero-order chi connectivity index (χ0) is 18.5.